The zero-order chi connectivity index (χ0) is 23.1. The number of aryl methyl sites for hydroxylation is 1. The minimum atomic E-state index is 0.790. The van der Waals surface area contributed by atoms with Crippen LogP contribution in [0.2, 0.25) is 0 Å². The van der Waals surface area contributed by atoms with Crippen LogP contribution < -0.4 is 0 Å². The zero-order valence-corrected chi connectivity index (χ0v) is 22.4. The molecule has 0 N–H and O–H groups in total. The van der Waals surface area contributed by atoms with E-state index < -0.39 is 0 Å². The summed E-state index contributed by atoms with van der Waals surface area (Å²) in [6.45, 7) is 6.82. The largest absolute Gasteiger partial charge is 0.0654 e. The van der Waals surface area contributed by atoms with E-state index in [4.69, 9.17) is 0 Å². The number of rotatable bonds is 23. The summed E-state index contributed by atoms with van der Waals surface area (Å²) >= 11 is 0. The molecule has 1 rings (SSSR count). The summed E-state index contributed by atoms with van der Waals surface area (Å²) in [4.78, 5) is 0. The van der Waals surface area contributed by atoms with E-state index in [1.54, 1.807) is 5.56 Å². The fourth-order valence-corrected chi connectivity index (χ4v) is 5.07. The van der Waals surface area contributed by atoms with Crippen LogP contribution in [0.1, 0.15) is 172 Å². The minimum absolute atomic E-state index is 0.790. The van der Waals surface area contributed by atoms with Crippen LogP contribution >= 0.6 is 0 Å². The molecule has 1 aromatic rings. The molecule has 1 aromatic carbocycles. The first-order valence-corrected chi connectivity index (χ1v) is 14.8. The molecule has 0 aliphatic rings. The highest BCUT2D eigenvalue weighted by molar-refractivity contribution is 5.24. The number of unbranched alkanes of at least 4 members (excludes halogenated alkanes) is 18. The predicted octanol–water partition coefficient (Wildman–Crippen LogP) is 11.7. The average molecular weight is 443 g/mol. The molecule has 0 heteroatoms. The van der Waals surface area contributed by atoms with Gasteiger partial charge in [0.1, 0.15) is 0 Å². The van der Waals surface area contributed by atoms with Crippen molar-refractivity contribution in [1.29, 1.82) is 0 Å². The van der Waals surface area contributed by atoms with E-state index in [-0.39, 0.29) is 0 Å². The van der Waals surface area contributed by atoms with Crippen LogP contribution in [0.3, 0.4) is 0 Å². The van der Waals surface area contributed by atoms with Crippen LogP contribution in [0.25, 0.3) is 0 Å². The van der Waals surface area contributed by atoms with Crippen molar-refractivity contribution in [3.05, 3.63) is 35.4 Å². The summed E-state index contributed by atoms with van der Waals surface area (Å²) in [5, 5.41) is 0. The predicted molar refractivity (Wildman–Crippen MR) is 147 cm³/mol. The van der Waals surface area contributed by atoms with Gasteiger partial charge in [0, 0.05) is 0 Å². The molecule has 0 aromatic heterocycles. The second kappa shape index (κ2) is 22.0. The van der Waals surface area contributed by atoms with E-state index in [9.17, 15) is 0 Å². The molecule has 0 saturated carbocycles. The first kappa shape index (κ1) is 29.3. The molecule has 0 heterocycles. The standard InChI is InChI=1S/C32H58/c1-4-6-8-10-12-14-16-18-20-22-24-31(32-28-26-30(3)27-29-32)25-23-21-19-17-15-13-11-9-7-5-2/h26-29,31H,4-25H2,1-3H3. The zero-order valence-electron chi connectivity index (χ0n) is 22.4. The van der Waals surface area contributed by atoms with Crippen LogP contribution in [0, 0.1) is 6.92 Å². The fourth-order valence-electron chi connectivity index (χ4n) is 5.07. The topological polar surface area (TPSA) is 0 Å². The van der Waals surface area contributed by atoms with Crippen molar-refractivity contribution in [2.75, 3.05) is 0 Å². The first-order valence-electron chi connectivity index (χ1n) is 14.8. The van der Waals surface area contributed by atoms with Gasteiger partial charge in [-0.25, -0.2) is 0 Å². The van der Waals surface area contributed by atoms with Gasteiger partial charge in [-0.05, 0) is 31.2 Å². The van der Waals surface area contributed by atoms with Crippen molar-refractivity contribution < 1.29 is 0 Å². The van der Waals surface area contributed by atoms with Gasteiger partial charge in [0.2, 0.25) is 0 Å². The fraction of sp³-hybridized carbons (Fsp3) is 0.812. The molecule has 186 valence electrons. The molecule has 0 atom stereocenters. The van der Waals surface area contributed by atoms with Crippen LogP contribution in [-0.4, -0.2) is 0 Å². The maximum absolute atomic E-state index is 2.41. The number of hydrogen-bond acceptors (Lipinski definition) is 0. The van der Waals surface area contributed by atoms with E-state index in [1.807, 2.05) is 0 Å². The lowest BCUT2D eigenvalue weighted by Gasteiger charge is -2.18. The Morgan fingerprint density at radius 2 is 0.750 bits per heavy atom. The van der Waals surface area contributed by atoms with Crippen molar-refractivity contribution in [2.45, 2.75) is 168 Å². The number of hydrogen-bond donors (Lipinski definition) is 0. The van der Waals surface area contributed by atoms with E-state index >= 15 is 0 Å². The summed E-state index contributed by atoms with van der Waals surface area (Å²) in [7, 11) is 0. The van der Waals surface area contributed by atoms with Crippen molar-refractivity contribution in [3.8, 4) is 0 Å². The Balaban J connectivity index is 2.16. The van der Waals surface area contributed by atoms with E-state index in [1.165, 1.54) is 147 Å². The van der Waals surface area contributed by atoms with Gasteiger partial charge in [-0.2, -0.15) is 0 Å². The van der Waals surface area contributed by atoms with Gasteiger partial charge in [-0.3, -0.25) is 0 Å². The third kappa shape index (κ3) is 16.8. The van der Waals surface area contributed by atoms with Gasteiger partial charge in [0.05, 0.1) is 0 Å². The van der Waals surface area contributed by atoms with Gasteiger partial charge in [-0.1, -0.05) is 172 Å². The monoisotopic (exact) mass is 442 g/mol. The highest BCUT2D eigenvalue weighted by Crippen LogP contribution is 2.29. The Morgan fingerprint density at radius 3 is 1.09 bits per heavy atom. The minimum Gasteiger partial charge on any atom is -0.0654 e. The molecule has 0 spiro atoms. The first-order chi connectivity index (χ1) is 15.8. The Morgan fingerprint density at radius 1 is 0.438 bits per heavy atom. The molecule has 0 amide bonds. The molecule has 0 saturated heterocycles. The van der Waals surface area contributed by atoms with Crippen molar-refractivity contribution in [2.24, 2.45) is 0 Å². The molecule has 0 radical (unpaired) electrons. The Kier molecular flexibility index (Phi) is 20.1. The third-order valence-electron chi connectivity index (χ3n) is 7.36. The highest BCUT2D eigenvalue weighted by atomic mass is 14.2. The lowest BCUT2D eigenvalue weighted by molar-refractivity contribution is 0.481. The molecule has 0 fully saturated rings. The Bertz CT molecular complexity index is 461. The van der Waals surface area contributed by atoms with E-state index in [0.717, 1.165) is 5.92 Å². The molecule has 0 bridgehead atoms. The van der Waals surface area contributed by atoms with Crippen LogP contribution in [0.5, 0.6) is 0 Å². The van der Waals surface area contributed by atoms with Crippen LogP contribution in [0.4, 0.5) is 0 Å². The summed E-state index contributed by atoms with van der Waals surface area (Å²) in [5.74, 6) is 0.790. The van der Waals surface area contributed by atoms with Gasteiger partial charge in [0.15, 0.2) is 0 Å². The van der Waals surface area contributed by atoms with E-state index in [0.29, 0.717) is 0 Å². The molecule has 0 nitrogen and oxygen atoms in total. The Labute approximate surface area is 203 Å². The smallest absolute Gasteiger partial charge is 0.0162 e. The summed E-state index contributed by atoms with van der Waals surface area (Å²) in [5.41, 5.74) is 2.99. The van der Waals surface area contributed by atoms with E-state index in [2.05, 4.69) is 45.0 Å². The van der Waals surface area contributed by atoms with Crippen molar-refractivity contribution >= 4 is 0 Å². The third-order valence-corrected chi connectivity index (χ3v) is 7.36. The molecule has 0 aliphatic heterocycles. The van der Waals surface area contributed by atoms with Gasteiger partial charge in [0.25, 0.3) is 0 Å². The number of benzene rings is 1. The van der Waals surface area contributed by atoms with Crippen molar-refractivity contribution in [3.63, 3.8) is 0 Å². The lowest BCUT2D eigenvalue weighted by Crippen LogP contribution is -2.00. The maximum atomic E-state index is 2.41. The molecular weight excluding hydrogens is 384 g/mol. The molecule has 0 unspecified atom stereocenters. The molecule has 32 heavy (non-hydrogen) atoms. The van der Waals surface area contributed by atoms with Crippen LogP contribution in [-0.2, 0) is 0 Å². The highest BCUT2D eigenvalue weighted by Gasteiger charge is 2.11. The summed E-state index contributed by atoms with van der Waals surface area (Å²) < 4.78 is 0. The normalized spacial score (nSPS) is 11.5. The van der Waals surface area contributed by atoms with Crippen molar-refractivity contribution in [1.82, 2.24) is 0 Å². The second-order valence-electron chi connectivity index (χ2n) is 10.5. The molecule has 0 aliphatic carbocycles. The molecular formula is C32H58. The lowest BCUT2D eigenvalue weighted by atomic mass is 9.87. The quantitative estimate of drug-likeness (QED) is 0.148. The maximum Gasteiger partial charge on any atom is -0.0162 e. The average Bonchev–Trinajstić information content (AvgIpc) is 2.80. The van der Waals surface area contributed by atoms with Gasteiger partial charge >= 0.3 is 0 Å². The van der Waals surface area contributed by atoms with Crippen LogP contribution in [0.15, 0.2) is 24.3 Å². The second-order valence-corrected chi connectivity index (χ2v) is 10.5. The summed E-state index contributed by atoms with van der Waals surface area (Å²) in [6, 6.07) is 9.46. The SMILES string of the molecule is CCCCCCCCCCCCC(CCCCCCCCCCCC)c1ccc(C)cc1. The van der Waals surface area contributed by atoms with Gasteiger partial charge < -0.3 is 0 Å². The summed E-state index contributed by atoms with van der Waals surface area (Å²) in [6.07, 6.45) is 31.6. The Hall–Kier alpha value is -0.780. The van der Waals surface area contributed by atoms with Gasteiger partial charge in [-0.15, -0.1) is 0 Å².